The van der Waals surface area contributed by atoms with Crippen molar-refractivity contribution in [2.75, 3.05) is 6.61 Å². The van der Waals surface area contributed by atoms with Gasteiger partial charge in [0.15, 0.2) is 6.61 Å². The Morgan fingerprint density at radius 3 is 2.72 bits per heavy atom. The van der Waals surface area contributed by atoms with E-state index >= 15 is 0 Å². The van der Waals surface area contributed by atoms with E-state index in [2.05, 4.69) is 20.5 Å². The molecule has 0 aliphatic heterocycles. The number of aromatic nitrogens is 5. The van der Waals surface area contributed by atoms with Crippen LogP contribution in [0.25, 0.3) is 16.6 Å². The number of nitrogens with zero attached hydrogens (tertiary/aromatic N) is 4. The molecule has 2 heterocycles. The van der Waals surface area contributed by atoms with E-state index in [0.29, 0.717) is 11.3 Å². The lowest BCUT2D eigenvalue weighted by Gasteiger charge is -2.07. The van der Waals surface area contributed by atoms with Crippen LogP contribution < -0.4 is 4.74 Å². The number of hydrogen-bond donors (Lipinski definition) is 1. The van der Waals surface area contributed by atoms with Crippen LogP contribution >= 0.6 is 0 Å². The summed E-state index contributed by atoms with van der Waals surface area (Å²) in [7, 11) is 0. The van der Waals surface area contributed by atoms with Gasteiger partial charge < -0.3 is 9.72 Å². The highest BCUT2D eigenvalue weighted by Crippen LogP contribution is 2.23. The minimum atomic E-state index is -0.0560. The minimum absolute atomic E-state index is 0.0209. The van der Waals surface area contributed by atoms with Crippen LogP contribution in [0.2, 0.25) is 0 Å². The zero-order chi connectivity index (χ0) is 17.2. The quantitative estimate of drug-likeness (QED) is 0.568. The minimum Gasteiger partial charge on any atom is -0.485 e. The van der Waals surface area contributed by atoms with Gasteiger partial charge in [0, 0.05) is 22.2 Å². The SMILES string of the molecule is Cc1[nH]c2ccccc2c1C(=O)COc1ccc(-n2cnnn2)cc1. The van der Waals surface area contributed by atoms with Crippen LogP contribution in [0, 0.1) is 6.92 Å². The predicted molar refractivity (Wildman–Crippen MR) is 92.0 cm³/mol. The van der Waals surface area contributed by atoms with E-state index in [1.54, 1.807) is 16.8 Å². The zero-order valence-electron chi connectivity index (χ0n) is 13.5. The molecular weight excluding hydrogens is 318 g/mol. The first kappa shape index (κ1) is 15.1. The Balaban J connectivity index is 1.49. The maximum atomic E-state index is 12.6. The van der Waals surface area contributed by atoms with Gasteiger partial charge in [-0.15, -0.1) is 5.10 Å². The normalized spacial score (nSPS) is 10.9. The largest absolute Gasteiger partial charge is 0.485 e. The lowest BCUT2D eigenvalue weighted by atomic mass is 10.1. The Kier molecular flexibility index (Phi) is 3.74. The number of rotatable bonds is 5. The summed E-state index contributed by atoms with van der Waals surface area (Å²) in [6.45, 7) is 1.88. The smallest absolute Gasteiger partial charge is 0.202 e. The molecule has 2 aromatic heterocycles. The van der Waals surface area contributed by atoms with Gasteiger partial charge in [-0.3, -0.25) is 4.79 Å². The molecule has 7 heteroatoms. The van der Waals surface area contributed by atoms with Crippen molar-refractivity contribution in [3.05, 3.63) is 66.1 Å². The van der Waals surface area contributed by atoms with Gasteiger partial charge in [0.05, 0.1) is 5.69 Å². The molecule has 7 nitrogen and oxygen atoms in total. The molecule has 0 saturated carbocycles. The Morgan fingerprint density at radius 2 is 1.96 bits per heavy atom. The number of para-hydroxylation sites is 1. The fourth-order valence-electron chi connectivity index (χ4n) is 2.83. The second kappa shape index (κ2) is 6.20. The number of aryl methyl sites for hydroxylation is 1. The Labute approximate surface area is 143 Å². The number of ketones is 1. The third-order valence-corrected chi connectivity index (χ3v) is 3.99. The van der Waals surface area contributed by atoms with Gasteiger partial charge in [-0.1, -0.05) is 18.2 Å². The number of hydrogen-bond acceptors (Lipinski definition) is 5. The summed E-state index contributed by atoms with van der Waals surface area (Å²) in [5.74, 6) is 0.558. The number of H-pyrrole nitrogens is 1. The fraction of sp³-hybridized carbons (Fsp3) is 0.111. The second-order valence-electron chi connectivity index (χ2n) is 5.63. The Hall–Kier alpha value is -3.48. The van der Waals surface area contributed by atoms with Crippen molar-refractivity contribution in [1.29, 1.82) is 0 Å². The summed E-state index contributed by atoms with van der Waals surface area (Å²) in [6.07, 6.45) is 1.51. The third kappa shape index (κ3) is 2.87. The first-order valence-corrected chi connectivity index (χ1v) is 7.79. The Bertz CT molecular complexity index is 1020. The van der Waals surface area contributed by atoms with Crippen LogP contribution in [-0.4, -0.2) is 37.6 Å². The first-order chi connectivity index (χ1) is 12.2. The average Bonchev–Trinajstić information content (AvgIpc) is 3.27. The molecule has 25 heavy (non-hydrogen) atoms. The van der Waals surface area contributed by atoms with Crippen LogP contribution in [0.3, 0.4) is 0 Å². The van der Waals surface area contributed by atoms with Crippen LogP contribution in [-0.2, 0) is 0 Å². The van der Waals surface area contributed by atoms with Crippen molar-refractivity contribution in [3.63, 3.8) is 0 Å². The van der Waals surface area contributed by atoms with Gasteiger partial charge in [-0.2, -0.15) is 0 Å². The van der Waals surface area contributed by atoms with E-state index < -0.39 is 0 Å². The highest BCUT2D eigenvalue weighted by atomic mass is 16.5. The maximum Gasteiger partial charge on any atom is 0.202 e. The lowest BCUT2D eigenvalue weighted by Crippen LogP contribution is -2.12. The molecule has 0 atom stereocenters. The number of Topliss-reactive ketones (excluding diaryl/α,β-unsaturated/α-hetero) is 1. The molecule has 0 amide bonds. The predicted octanol–water partition coefficient (Wildman–Crippen LogP) is 2.71. The number of tetrazole rings is 1. The van der Waals surface area contributed by atoms with E-state index in [1.165, 1.54) is 6.33 Å². The molecule has 0 bridgehead atoms. The summed E-state index contributed by atoms with van der Waals surface area (Å²) in [6, 6.07) is 15.0. The molecule has 0 aliphatic rings. The van der Waals surface area contributed by atoms with Crippen molar-refractivity contribution in [2.24, 2.45) is 0 Å². The zero-order valence-corrected chi connectivity index (χ0v) is 13.5. The topological polar surface area (TPSA) is 85.7 Å². The molecule has 0 unspecified atom stereocenters. The molecule has 0 saturated heterocycles. The van der Waals surface area contributed by atoms with Gasteiger partial charge in [0.2, 0.25) is 5.78 Å². The van der Waals surface area contributed by atoms with E-state index in [9.17, 15) is 4.79 Å². The number of benzene rings is 2. The van der Waals surface area contributed by atoms with Crippen LogP contribution in [0.4, 0.5) is 0 Å². The standard InChI is InChI=1S/C18H15N5O2/c1-12-18(15-4-2-3-5-16(15)20-12)17(24)10-25-14-8-6-13(7-9-14)23-11-19-21-22-23/h2-9,11,20H,10H2,1H3. The van der Waals surface area contributed by atoms with Crippen molar-refractivity contribution in [2.45, 2.75) is 6.92 Å². The van der Waals surface area contributed by atoms with Crippen LogP contribution in [0.15, 0.2) is 54.9 Å². The number of aromatic amines is 1. The van der Waals surface area contributed by atoms with Crippen molar-refractivity contribution in [1.82, 2.24) is 25.2 Å². The summed E-state index contributed by atoms with van der Waals surface area (Å²) in [4.78, 5) is 15.8. The maximum absolute atomic E-state index is 12.6. The molecule has 2 aromatic carbocycles. The summed E-state index contributed by atoms with van der Waals surface area (Å²) in [5, 5.41) is 11.9. The molecule has 1 N–H and O–H groups in total. The van der Waals surface area contributed by atoms with Crippen molar-refractivity contribution < 1.29 is 9.53 Å². The summed E-state index contributed by atoms with van der Waals surface area (Å²) >= 11 is 0. The number of nitrogens with one attached hydrogen (secondary N) is 1. The fourth-order valence-corrected chi connectivity index (χ4v) is 2.83. The van der Waals surface area contributed by atoms with E-state index in [4.69, 9.17) is 4.74 Å². The molecule has 0 fully saturated rings. The third-order valence-electron chi connectivity index (χ3n) is 3.99. The van der Waals surface area contributed by atoms with E-state index in [-0.39, 0.29) is 12.4 Å². The van der Waals surface area contributed by atoms with E-state index in [0.717, 1.165) is 22.3 Å². The number of carbonyl (C=O) groups excluding carboxylic acids is 1. The molecule has 124 valence electrons. The second-order valence-corrected chi connectivity index (χ2v) is 5.63. The first-order valence-electron chi connectivity index (χ1n) is 7.79. The monoisotopic (exact) mass is 333 g/mol. The number of fused-ring (bicyclic) bond motifs is 1. The molecule has 4 rings (SSSR count). The van der Waals surface area contributed by atoms with Crippen molar-refractivity contribution >= 4 is 16.7 Å². The molecular formula is C18H15N5O2. The van der Waals surface area contributed by atoms with Gasteiger partial charge in [-0.25, -0.2) is 4.68 Å². The summed E-state index contributed by atoms with van der Waals surface area (Å²) < 4.78 is 7.19. The van der Waals surface area contributed by atoms with Crippen molar-refractivity contribution in [3.8, 4) is 11.4 Å². The van der Waals surface area contributed by atoms with Crippen LogP contribution in [0.1, 0.15) is 16.1 Å². The molecule has 0 aliphatic carbocycles. The average molecular weight is 333 g/mol. The van der Waals surface area contributed by atoms with Gasteiger partial charge in [-0.05, 0) is 47.7 Å². The summed E-state index contributed by atoms with van der Waals surface area (Å²) in [5.41, 5.74) is 3.30. The van der Waals surface area contributed by atoms with E-state index in [1.807, 2.05) is 43.3 Å². The number of ether oxygens (including phenoxy) is 1. The molecule has 0 spiro atoms. The van der Waals surface area contributed by atoms with Gasteiger partial charge >= 0.3 is 0 Å². The Morgan fingerprint density at radius 1 is 1.16 bits per heavy atom. The highest BCUT2D eigenvalue weighted by Gasteiger charge is 2.16. The number of carbonyl (C=O) groups is 1. The van der Waals surface area contributed by atoms with Gasteiger partial charge in [0.1, 0.15) is 12.1 Å². The molecule has 4 aromatic rings. The lowest BCUT2D eigenvalue weighted by molar-refractivity contribution is 0.0922. The highest BCUT2D eigenvalue weighted by molar-refractivity contribution is 6.09. The molecule has 0 radical (unpaired) electrons. The van der Waals surface area contributed by atoms with Gasteiger partial charge in [0.25, 0.3) is 0 Å². The van der Waals surface area contributed by atoms with Crippen LogP contribution in [0.5, 0.6) is 5.75 Å².